The molecule has 246 valence electrons. The Hall–Kier alpha value is -2.69. The molecule has 1 aromatic carbocycles. The summed E-state index contributed by atoms with van der Waals surface area (Å²) in [4.78, 5) is 12.8. The lowest BCUT2D eigenvalue weighted by Crippen LogP contribution is -2.65. The molecule has 2 aliphatic heterocycles. The maximum atomic E-state index is 12.8. The number of esters is 1. The second kappa shape index (κ2) is 16.0. The maximum absolute atomic E-state index is 12.8. The summed E-state index contributed by atoms with van der Waals surface area (Å²) in [6, 6.07) is 6.01. The molecular formula is C31H44O13. The molecule has 13 nitrogen and oxygen atoms in total. The van der Waals surface area contributed by atoms with Crippen LogP contribution in [0.25, 0.3) is 6.08 Å². The fourth-order valence-electron chi connectivity index (χ4n) is 4.58. The van der Waals surface area contributed by atoms with Gasteiger partial charge in [0.15, 0.2) is 18.7 Å². The van der Waals surface area contributed by atoms with Crippen LogP contribution in [0.1, 0.15) is 39.7 Å². The van der Waals surface area contributed by atoms with Crippen molar-refractivity contribution in [2.75, 3.05) is 13.2 Å². The van der Waals surface area contributed by atoms with Crippen molar-refractivity contribution in [2.24, 2.45) is 0 Å². The Labute approximate surface area is 256 Å². The number of aliphatic hydroxyl groups is 6. The third-order valence-corrected chi connectivity index (χ3v) is 7.11. The summed E-state index contributed by atoms with van der Waals surface area (Å²) in [5, 5.41) is 71.5. The first-order valence-corrected chi connectivity index (χ1v) is 14.3. The van der Waals surface area contributed by atoms with Crippen molar-refractivity contribution in [3.8, 4) is 5.75 Å². The lowest BCUT2D eigenvalue weighted by Gasteiger charge is -2.46. The summed E-state index contributed by atoms with van der Waals surface area (Å²) in [6.07, 6.45) is -6.16. The highest BCUT2D eigenvalue weighted by atomic mass is 16.7. The van der Waals surface area contributed by atoms with Crippen LogP contribution in [0.2, 0.25) is 0 Å². The van der Waals surface area contributed by atoms with Crippen molar-refractivity contribution in [3.63, 3.8) is 0 Å². The molecule has 0 spiro atoms. The van der Waals surface area contributed by atoms with Crippen LogP contribution in [0.4, 0.5) is 0 Å². The highest BCUT2D eigenvalue weighted by Crippen LogP contribution is 2.31. The number of allylic oxidation sites excluding steroid dienone is 2. The summed E-state index contributed by atoms with van der Waals surface area (Å²) < 4.78 is 28.4. The molecule has 13 heteroatoms. The lowest BCUT2D eigenvalue weighted by atomic mass is 9.97. The Morgan fingerprint density at radius 2 is 1.66 bits per heavy atom. The van der Waals surface area contributed by atoms with E-state index in [1.807, 2.05) is 6.92 Å². The lowest BCUT2D eigenvalue weighted by molar-refractivity contribution is -0.356. The Balaban J connectivity index is 1.78. The highest BCUT2D eigenvalue weighted by Gasteiger charge is 2.52. The molecule has 0 aromatic heterocycles. The normalized spacial score (nSPS) is 33.6. The fourth-order valence-corrected chi connectivity index (χ4v) is 4.58. The molecule has 7 N–H and O–H groups in total. The van der Waals surface area contributed by atoms with Gasteiger partial charge in [0.1, 0.15) is 42.4 Å². The van der Waals surface area contributed by atoms with Gasteiger partial charge in [-0.1, -0.05) is 35.9 Å². The van der Waals surface area contributed by atoms with E-state index in [9.17, 15) is 40.5 Å². The van der Waals surface area contributed by atoms with Gasteiger partial charge in [0.2, 0.25) is 0 Å². The van der Waals surface area contributed by atoms with Crippen LogP contribution in [0.5, 0.6) is 5.75 Å². The topological polar surface area (TPSA) is 205 Å². The van der Waals surface area contributed by atoms with Crippen LogP contribution in [-0.4, -0.2) is 122 Å². The van der Waals surface area contributed by atoms with Crippen molar-refractivity contribution >= 4 is 12.0 Å². The van der Waals surface area contributed by atoms with E-state index < -0.39 is 79.6 Å². The molecular weight excluding hydrogens is 580 g/mol. The number of carbonyl (C=O) groups is 1. The van der Waals surface area contributed by atoms with Crippen LogP contribution < -0.4 is 0 Å². The highest BCUT2D eigenvalue weighted by molar-refractivity contribution is 5.87. The number of benzene rings is 1. The quantitative estimate of drug-likeness (QED) is 0.0950. The Morgan fingerprint density at radius 3 is 2.30 bits per heavy atom. The van der Waals surface area contributed by atoms with Crippen LogP contribution in [0, 0.1) is 0 Å². The van der Waals surface area contributed by atoms with E-state index in [0.717, 1.165) is 11.6 Å². The first-order chi connectivity index (χ1) is 20.7. The number of hydrogen-bond acceptors (Lipinski definition) is 13. The summed E-state index contributed by atoms with van der Waals surface area (Å²) in [5.74, 6) is -0.829. The third kappa shape index (κ3) is 10.2. The van der Waals surface area contributed by atoms with Crippen molar-refractivity contribution in [1.29, 1.82) is 0 Å². The van der Waals surface area contributed by atoms with Crippen molar-refractivity contribution in [3.05, 3.63) is 59.7 Å². The zero-order chi connectivity index (χ0) is 32.6. The standard InChI is InChI=1S/C31H44O13/c1-17(6-5-14-31(3,4)39)13-15-40-29-26(38)28(44-30-25(37)24(36)23(35)18(2)41-30)27(21(16-32)42-29)43-22(34)12-9-19-7-10-20(33)11-8-19/h5,7-14,18,21,23-30,32-33,35-39H,6,15-16H2,1-4H3/b12-9-,14-5-,17-13+/t18-,21+,23-,24+,25+,26+,27+,28+,29+,30-/m0/s1. The van der Waals surface area contributed by atoms with Gasteiger partial charge in [-0.3, -0.25) is 0 Å². The molecule has 44 heavy (non-hydrogen) atoms. The van der Waals surface area contributed by atoms with Crippen molar-refractivity contribution < 1.29 is 64.2 Å². The average Bonchev–Trinajstić information content (AvgIpc) is 2.96. The average molecular weight is 625 g/mol. The molecule has 2 aliphatic rings. The maximum Gasteiger partial charge on any atom is 0.331 e. The predicted octanol–water partition coefficient (Wildman–Crippen LogP) is 0.288. The number of ether oxygens (including phenoxy) is 5. The van der Waals surface area contributed by atoms with E-state index in [4.69, 9.17) is 23.7 Å². The van der Waals surface area contributed by atoms with Gasteiger partial charge in [-0.25, -0.2) is 4.79 Å². The van der Waals surface area contributed by atoms with Crippen LogP contribution in [-0.2, 0) is 28.5 Å². The van der Waals surface area contributed by atoms with Gasteiger partial charge < -0.3 is 59.4 Å². The smallest absolute Gasteiger partial charge is 0.331 e. The van der Waals surface area contributed by atoms with Gasteiger partial charge in [0, 0.05) is 6.08 Å². The summed E-state index contributed by atoms with van der Waals surface area (Å²) >= 11 is 0. The molecule has 0 radical (unpaired) electrons. The minimum Gasteiger partial charge on any atom is -0.508 e. The van der Waals surface area contributed by atoms with E-state index in [1.165, 1.54) is 25.1 Å². The van der Waals surface area contributed by atoms with Gasteiger partial charge in [-0.05, 0) is 57.9 Å². The Morgan fingerprint density at radius 1 is 0.977 bits per heavy atom. The van der Waals surface area contributed by atoms with Gasteiger partial charge >= 0.3 is 5.97 Å². The zero-order valence-electron chi connectivity index (χ0n) is 25.2. The molecule has 2 heterocycles. The molecule has 0 amide bonds. The van der Waals surface area contributed by atoms with Crippen LogP contribution in [0.3, 0.4) is 0 Å². The largest absolute Gasteiger partial charge is 0.508 e. The van der Waals surface area contributed by atoms with E-state index >= 15 is 0 Å². The molecule has 0 unspecified atom stereocenters. The Bertz CT molecular complexity index is 1140. The minimum absolute atomic E-state index is 0.0148. The van der Waals surface area contributed by atoms with Crippen molar-refractivity contribution in [1.82, 2.24) is 0 Å². The SMILES string of the molecule is C/C(=C\CO[C@@H]1O[C@H](CO)[C@@H](OC(=O)/C=C\c2ccc(O)cc2)[C@H](O[C@@H]2O[C@@H](C)[C@H](O)[C@@H](O)[C@H]2O)[C@H]1O)C/C=C\C(C)(C)O. The number of rotatable bonds is 12. The van der Waals surface area contributed by atoms with E-state index in [-0.39, 0.29) is 12.4 Å². The second-order valence-corrected chi connectivity index (χ2v) is 11.5. The monoisotopic (exact) mass is 624 g/mol. The van der Waals surface area contributed by atoms with Gasteiger partial charge in [-0.15, -0.1) is 0 Å². The number of carbonyl (C=O) groups excluding carboxylic acids is 1. The molecule has 0 saturated carbocycles. The minimum atomic E-state index is -1.73. The summed E-state index contributed by atoms with van der Waals surface area (Å²) in [7, 11) is 0. The molecule has 10 atom stereocenters. The molecule has 3 rings (SSSR count). The number of aliphatic hydroxyl groups excluding tert-OH is 5. The molecule has 1 aromatic rings. The van der Waals surface area contributed by atoms with Gasteiger partial charge in [0.25, 0.3) is 0 Å². The van der Waals surface area contributed by atoms with Gasteiger partial charge in [-0.2, -0.15) is 0 Å². The number of phenolic OH excluding ortho intramolecular Hbond substituents is 1. The predicted molar refractivity (Wildman–Crippen MR) is 156 cm³/mol. The summed E-state index contributed by atoms with van der Waals surface area (Å²) in [5.41, 5.74) is 0.530. The van der Waals surface area contributed by atoms with E-state index in [2.05, 4.69) is 0 Å². The molecule has 0 bridgehead atoms. The summed E-state index contributed by atoms with van der Waals surface area (Å²) in [6.45, 7) is 5.92. The van der Waals surface area contributed by atoms with E-state index in [1.54, 1.807) is 44.2 Å². The fraction of sp³-hybridized carbons (Fsp3) is 0.581. The number of aromatic hydroxyl groups is 1. The molecule has 2 fully saturated rings. The van der Waals surface area contributed by atoms with E-state index in [0.29, 0.717) is 12.0 Å². The van der Waals surface area contributed by atoms with Crippen molar-refractivity contribution in [2.45, 2.75) is 101 Å². The van der Waals surface area contributed by atoms with Crippen LogP contribution in [0.15, 0.2) is 54.1 Å². The third-order valence-electron chi connectivity index (χ3n) is 7.11. The zero-order valence-corrected chi connectivity index (χ0v) is 25.2. The number of phenols is 1. The Kier molecular flexibility index (Phi) is 13.0. The molecule has 0 aliphatic carbocycles. The van der Waals surface area contributed by atoms with Crippen LogP contribution >= 0.6 is 0 Å². The first kappa shape index (κ1) is 35.8. The van der Waals surface area contributed by atoms with Gasteiger partial charge in [0.05, 0.1) is 24.9 Å². The first-order valence-electron chi connectivity index (χ1n) is 14.3. The molecule has 2 saturated heterocycles. The number of hydrogen-bond donors (Lipinski definition) is 7. The second-order valence-electron chi connectivity index (χ2n) is 11.5.